The van der Waals surface area contributed by atoms with E-state index in [9.17, 15) is 4.79 Å². The predicted molar refractivity (Wildman–Crippen MR) is 83.1 cm³/mol. The first-order valence-corrected chi connectivity index (χ1v) is 8.28. The summed E-state index contributed by atoms with van der Waals surface area (Å²) in [5.41, 5.74) is 0. The monoisotopic (exact) mass is 313 g/mol. The Morgan fingerprint density at radius 2 is 1.95 bits per heavy atom. The summed E-state index contributed by atoms with van der Waals surface area (Å²) in [4.78, 5) is 15.4. The van der Waals surface area contributed by atoms with Gasteiger partial charge < -0.3 is 14.9 Å². The Kier molecular flexibility index (Phi) is 5.46. The van der Waals surface area contributed by atoms with Crippen LogP contribution in [0.5, 0.6) is 0 Å². The van der Waals surface area contributed by atoms with Gasteiger partial charge in [0, 0.05) is 32.2 Å². The van der Waals surface area contributed by atoms with Gasteiger partial charge in [-0.15, -0.1) is 10.2 Å². The molecule has 2 heterocycles. The lowest BCUT2D eigenvalue weighted by molar-refractivity contribution is -0.133. The van der Waals surface area contributed by atoms with E-state index < -0.39 is 5.97 Å². The van der Waals surface area contributed by atoms with Crippen LogP contribution in [0.3, 0.4) is 0 Å². The molecule has 1 saturated heterocycles. The molecule has 8 heteroatoms. The van der Waals surface area contributed by atoms with Crippen LogP contribution in [0, 0.1) is 0 Å². The Morgan fingerprint density at radius 1 is 1.29 bits per heavy atom. The number of nitrogens with zero attached hydrogens (tertiary/aromatic N) is 5. The van der Waals surface area contributed by atoms with Gasteiger partial charge in [-0.25, -0.2) is 0 Å². The molecule has 0 atom stereocenters. The molecule has 2 rings (SSSR count). The highest BCUT2D eigenvalue weighted by molar-refractivity contribution is 7.99. The van der Waals surface area contributed by atoms with Crippen LogP contribution < -0.4 is 4.90 Å². The fourth-order valence-corrected chi connectivity index (χ4v) is 3.21. The third-order valence-electron chi connectivity index (χ3n) is 3.59. The molecule has 1 aromatic heterocycles. The summed E-state index contributed by atoms with van der Waals surface area (Å²) in [5, 5.41) is 18.0. The summed E-state index contributed by atoms with van der Waals surface area (Å²) in [6.07, 6.45) is 0. The summed E-state index contributed by atoms with van der Waals surface area (Å²) >= 11 is 1.23. The highest BCUT2D eigenvalue weighted by Gasteiger charge is 2.24. The van der Waals surface area contributed by atoms with Crippen LogP contribution in [0.2, 0.25) is 0 Å². The van der Waals surface area contributed by atoms with Crippen LogP contribution in [-0.2, 0) is 4.79 Å². The second-order valence-electron chi connectivity index (χ2n) is 5.35. The Hall–Kier alpha value is -1.28. The van der Waals surface area contributed by atoms with E-state index in [2.05, 4.69) is 40.8 Å². The number of carbonyl (C=O) groups is 1. The van der Waals surface area contributed by atoms with Crippen molar-refractivity contribution in [3.8, 4) is 0 Å². The lowest BCUT2D eigenvalue weighted by Crippen LogP contribution is -2.47. The van der Waals surface area contributed by atoms with Gasteiger partial charge in [-0.2, -0.15) is 0 Å². The Bertz CT molecular complexity index is 483. The third-order valence-corrected chi connectivity index (χ3v) is 4.52. The smallest absolute Gasteiger partial charge is 0.313 e. The molecular weight excluding hydrogens is 290 g/mol. The summed E-state index contributed by atoms with van der Waals surface area (Å²) in [6, 6.07) is 0.204. The van der Waals surface area contributed by atoms with Gasteiger partial charge in [0.25, 0.3) is 0 Å². The standard InChI is InChI=1S/C13H23N5O2S/c1-4-16-5-7-17(8-6-16)12-14-15-13(18(12)10(2)3)21-9-11(19)20/h10H,4-9H2,1-3H3,(H,19,20). The summed E-state index contributed by atoms with van der Waals surface area (Å²) < 4.78 is 2.04. The van der Waals surface area contributed by atoms with E-state index in [-0.39, 0.29) is 11.8 Å². The lowest BCUT2D eigenvalue weighted by Gasteiger charge is -2.35. The van der Waals surface area contributed by atoms with E-state index >= 15 is 0 Å². The average Bonchev–Trinajstić information content (AvgIpc) is 2.89. The molecule has 118 valence electrons. The van der Waals surface area contributed by atoms with Crippen molar-refractivity contribution in [1.29, 1.82) is 0 Å². The molecular formula is C13H23N5O2S. The summed E-state index contributed by atoms with van der Waals surface area (Å²) in [7, 11) is 0. The number of carboxylic acid groups (broad SMARTS) is 1. The van der Waals surface area contributed by atoms with Crippen molar-refractivity contribution in [2.45, 2.75) is 32.0 Å². The first-order chi connectivity index (χ1) is 10.0. The second-order valence-corrected chi connectivity index (χ2v) is 6.29. The third kappa shape index (κ3) is 3.88. The molecule has 1 aliphatic rings. The maximum absolute atomic E-state index is 10.7. The van der Waals surface area contributed by atoms with Gasteiger partial charge in [-0.1, -0.05) is 18.7 Å². The van der Waals surface area contributed by atoms with E-state index in [1.54, 1.807) is 0 Å². The number of thioether (sulfide) groups is 1. The van der Waals surface area contributed by atoms with Gasteiger partial charge in [-0.05, 0) is 20.4 Å². The number of anilines is 1. The van der Waals surface area contributed by atoms with Crippen molar-refractivity contribution in [3.05, 3.63) is 0 Å². The van der Waals surface area contributed by atoms with E-state index in [4.69, 9.17) is 5.11 Å². The molecule has 0 bridgehead atoms. The Balaban J connectivity index is 2.14. The van der Waals surface area contributed by atoms with Crippen molar-refractivity contribution in [1.82, 2.24) is 19.7 Å². The maximum atomic E-state index is 10.7. The van der Waals surface area contributed by atoms with Crippen LogP contribution in [0.4, 0.5) is 5.95 Å². The van der Waals surface area contributed by atoms with Crippen LogP contribution in [0.1, 0.15) is 26.8 Å². The molecule has 0 aromatic carbocycles. The second kappa shape index (κ2) is 7.13. The zero-order valence-electron chi connectivity index (χ0n) is 12.8. The highest BCUT2D eigenvalue weighted by Crippen LogP contribution is 2.26. The van der Waals surface area contributed by atoms with Gasteiger partial charge in [0.2, 0.25) is 5.95 Å². The van der Waals surface area contributed by atoms with Crippen molar-refractivity contribution in [2.75, 3.05) is 43.4 Å². The lowest BCUT2D eigenvalue weighted by atomic mass is 10.3. The molecule has 0 unspecified atom stereocenters. The number of piperazine rings is 1. The number of aliphatic carboxylic acids is 1. The maximum Gasteiger partial charge on any atom is 0.313 e. The van der Waals surface area contributed by atoms with E-state index in [0.717, 1.165) is 38.7 Å². The normalized spacial score (nSPS) is 16.7. The molecule has 1 fully saturated rings. The molecule has 0 saturated carbocycles. The minimum absolute atomic E-state index is 0.00840. The molecule has 1 aromatic rings. The highest BCUT2D eigenvalue weighted by atomic mass is 32.2. The Morgan fingerprint density at radius 3 is 2.48 bits per heavy atom. The van der Waals surface area contributed by atoms with Crippen molar-refractivity contribution < 1.29 is 9.90 Å². The van der Waals surface area contributed by atoms with Crippen LogP contribution in [0.15, 0.2) is 5.16 Å². The minimum Gasteiger partial charge on any atom is -0.481 e. The number of aromatic nitrogens is 3. The molecule has 0 amide bonds. The molecule has 1 aliphatic heterocycles. The Labute approximate surface area is 129 Å². The van der Waals surface area contributed by atoms with E-state index in [0.29, 0.717) is 5.16 Å². The van der Waals surface area contributed by atoms with Gasteiger partial charge in [-0.3, -0.25) is 9.36 Å². The topological polar surface area (TPSA) is 74.5 Å². The zero-order valence-corrected chi connectivity index (χ0v) is 13.6. The van der Waals surface area contributed by atoms with Crippen molar-refractivity contribution in [3.63, 3.8) is 0 Å². The van der Waals surface area contributed by atoms with Crippen molar-refractivity contribution in [2.24, 2.45) is 0 Å². The predicted octanol–water partition coefficient (Wildman–Crippen LogP) is 1.18. The molecule has 7 nitrogen and oxygen atoms in total. The average molecular weight is 313 g/mol. The zero-order chi connectivity index (χ0) is 15.4. The van der Waals surface area contributed by atoms with E-state index in [1.807, 2.05) is 4.57 Å². The fourth-order valence-electron chi connectivity index (χ4n) is 2.43. The largest absolute Gasteiger partial charge is 0.481 e. The molecule has 0 spiro atoms. The number of hydrogen-bond acceptors (Lipinski definition) is 6. The first-order valence-electron chi connectivity index (χ1n) is 7.29. The SMILES string of the molecule is CCN1CCN(c2nnc(SCC(=O)O)n2C(C)C)CC1. The summed E-state index contributed by atoms with van der Waals surface area (Å²) in [6.45, 7) is 11.3. The number of carboxylic acids is 1. The van der Waals surface area contributed by atoms with Gasteiger partial charge in [0.15, 0.2) is 5.16 Å². The molecule has 1 N–H and O–H groups in total. The molecule has 21 heavy (non-hydrogen) atoms. The molecule has 0 aliphatic carbocycles. The number of rotatable bonds is 6. The number of likely N-dealkylation sites (N-methyl/N-ethyl adjacent to an activating group) is 1. The van der Waals surface area contributed by atoms with Gasteiger partial charge >= 0.3 is 5.97 Å². The van der Waals surface area contributed by atoms with Crippen LogP contribution in [0.25, 0.3) is 0 Å². The van der Waals surface area contributed by atoms with E-state index in [1.165, 1.54) is 11.8 Å². The molecule has 0 radical (unpaired) electrons. The minimum atomic E-state index is -0.837. The van der Waals surface area contributed by atoms with Gasteiger partial charge in [0.05, 0.1) is 5.75 Å². The fraction of sp³-hybridized carbons (Fsp3) is 0.769. The summed E-state index contributed by atoms with van der Waals surface area (Å²) in [5.74, 6) is 0.0270. The van der Waals surface area contributed by atoms with Gasteiger partial charge in [0.1, 0.15) is 0 Å². The first kappa shape index (κ1) is 16.1. The number of hydrogen-bond donors (Lipinski definition) is 1. The van der Waals surface area contributed by atoms with Crippen LogP contribution >= 0.6 is 11.8 Å². The van der Waals surface area contributed by atoms with Crippen LogP contribution in [-0.4, -0.2) is 69.2 Å². The quantitative estimate of drug-likeness (QED) is 0.790. The van der Waals surface area contributed by atoms with Crippen molar-refractivity contribution >= 4 is 23.7 Å².